The molecule has 0 aromatic heterocycles. The van der Waals surface area contributed by atoms with E-state index in [1.165, 1.54) is 27.8 Å². The largest absolute Gasteiger partial charge is 0.0688 e. The van der Waals surface area contributed by atoms with Crippen LogP contribution in [-0.2, 0) is 10.8 Å². The number of benzene rings is 2. The maximum Gasteiger partial charge on any atom is 0.0574 e. The summed E-state index contributed by atoms with van der Waals surface area (Å²) in [5.74, 6) is 0. The Morgan fingerprint density at radius 3 is 1.92 bits per heavy atom. The van der Waals surface area contributed by atoms with Crippen molar-refractivity contribution in [3.63, 3.8) is 0 Å². The fourth-order valence-electron chi connectivity index (χ4n) is 3.98. The van der Waals surface area contributed by atoms with Gasteiger partial charge in [-0.15, -0.1) is 0 Å². The van der Waals surface area contributed by atoms with Crippen LogP contribution in [0.5, 0.6) is 0 Å². The zero-order valence-electron chi connectivity index (χ0n) is 17.5. The molecule has 2 aromatic rings. The van der Waals surface area contributed by atoms with Gasteiger partial charge in [0, 0.05) is 5.54 Å². The van der Waals surface area contributed by atoms with Crippen molar-refractivity contribution in [2.24, 2.45) is 0 Å². The molecule has 0 aliphatic heterocycles. The van der Waals surface area contributed by atoms with Gasteiger partial charge in [-0.3, -0.25) is 0 Å². The summed E-state index contributed by atoms with van der Waals surface area (Å²) in [4.78, 5) is 0. The van der Waals surface area contributed by atoms with Crippen LogP contribution >= 0.6 is 0 Å². The van der Waals surface area contributed by atoms with Crippen molar-refractivity contribution in [2.75, 3.05) is 0 Å². The normalized spacial score (nSPS) is 15.2. The van der Waals surface area contributed by atoms with Crippen LogP contribution < -0.4 is 0 Å². The van der Waals surface area contributed by atoms with E-state index in [4.69, 9.17) is 0 Å². The lowest BCUT2D eigenvalue weighted by atomic mass is 9.85. The molecule has 0 amide bonds. The summed E-state index contributed by atoms with van der Waals surface area (Å²) in [6, 6.07) is 15.7. The Hall–Kier alpha value is -1.34. The zero-order valence-corrected chi connectivity index (χ0v) is 18.5. The van der Waals surface area contributed by atoms with Gasteiger partial charge in [0.25, 0.3) is 0 Å². The summed E-state index contributed by atoms with van der Waals surface area (Å²) in [5.41, 5.74) is 9.50. The average Bonchev–Trinajstić information content (AvgIpc) is 2.77. The quantitative estimate of drug-likeness (QED) is 0.483. The first-order valence-electron chi connectivity index (χ1n) is 9.51. The first-order valence-corrected chi connectivity index (χ1v) is 13.1. The molecule has 0 N–H and O–H groups in total. The third-order valence-electron chi connectivity index (χ3n) is 5.46. The van der Waals surface area contributed by atoms with E-state index < -0.39 is 8.07 Å². The van der Waals surface area contributed by atoms with Gasteiger partial charge in [-0.2, -0.15) is 0 Å². The van der Waals surface area contributed by atoms with E-state index in [1.54, 1.807) is 5.56 Å². The lowest BCUT2D eigenvalue weighted by molar-refractivity contribution is 0.588. The molecule has 1 heteroatoms. The molecular formula is C24H33Si. The van der Waals surface area contributed by atoms with Gasteiger partial charge in [0.05, 0.1) is 8.07 Å². The lowest BCUT2D eigenvalue weighted by Crippen LogP contribution is -2.31. The van der Waals surface area contributed by atoms with Crippen molar-refractivity contribution in [2.45, 2.75) is 77.6 Å². The van der Waals surface area contributed by atoms with Crippen molar-refractivity contribution in [3.8, 4) is 11.1 Å². The molecule has 0 fully saturated rings. The summed E-state index contributed by atoms with van der Waals surface area (Å²) >= 11 is 0. The number of fused-ring (bicyclic) bond motifs is 3. The van der Waals surface area contributed by atoms with Crippen LogP contribution in [0, 0.1) is 6.07 Å². The summed E-state index contributed by atoms with van der Waals surface area (Å²) in [7, 11) is -1.42. The van der Waals surface area contributed by atoms with Crippen LogP contribution in [0.1, 0.15) is 69.3 Å². The Morgan fingerprint density at radius 2 is 1.40 bits per heavy atom. The van der Waals surface area contributed by atoms with Gasteiger partial charge >= 0.3 is 0 Å². The van der Waals surface area contributed by atoms with E-state index >= 15 is 0 Å². The van der Waals surface area contributed by atoms with E-state index in [9.17, 15) is 0 Å². The van der Waals surface area contributed by atoms with E-state index in [0.29, 0.717) is 5.54 Å². The molecule has 1 radical (unpaired) electrons. The molecule has 0 nitrogen and oxygen atoms in total. The van der Waals surface area contributed by atoms with Crippen LogP contribution in [-0.4, -0.2) is 8.07 Å². The molecule has 0 spiro atoms. The van der Waals surface area contributed by atoms with Gasteiger partial charge in [0.1, 0.15) is 0 Å². The second-order valence-electron chi connectivity index (χ2n) is 10.8. The Labute approximate surface area is 155 Å². The minimum absolute atomic E-state index is 0.143. The first-order chi connectivity index (χ1) is 11.3. The number of hydrogen-bond acceptors (Lipinski definition) is 0. The zero-order chi connectivity index (χ0) is 18.8. The fourth-order valence-corrected chi connectivity index (χ4v) is 6.24. The molecule has 0 saturated carbocycles. The smallest absolute Gasteiger partial charge is 0.0574 e. The van der Waals surface area contributed by atoms with Crippen molar-refractivity contribution in [3.05, 3.63) is 58.7 Å². The maximum atomic E-state index is 3.86. The standard InChI is InChI=1S/C24H33Si/c1-23(2,3)16-10-12-18-19-13-11-17(24(4,5)6)15-21(19)22(20(18)14-16)25(7,8)9/h10-14,22H,1-9H3. The van der Waals surface area contributed by atoms with Gasteiger partial charge in [-0.25, -0.2) is 0 Å². The van der Waals surface area contributed by atoms with Gasteiger partial charge in [0.2, 0.25) is 0 Å². The van der Waals surface area contributed by atoms with Gasteiger partial charge < -0.3 is 0 Å². The van der Waals surface area contributed by atoms with Crippen LogP contribution in [0.2, 0.25) is 19.6 Å². The minimum atomic E-state index is -1.42. The Bertz CT molecular complexity index is 744. The van der Waals surface area contributed by atoms with Crippen LogP contribution in [0.15, 0.2) is 30.3 Å². The molecule has 133 valence electrons. The molecule has 1 atom stereocenters. The van der Waals surface area contributed by atoms with E-state index in [0.717, 1.165) is 0 Å². The van der Waals surface area contributed by atoms with E-state index in [2.05, 4.69) is 97.6 Å². The molecule has 0 bridgehead atoms. The van der Waals surface area contributed by atoms with Crippen molar-refractivity contribution in [1.82, 2.24) is 0 Å². The average molecular weight is 350 g/mol. The van der Waals surface area contributed by atoms with Crippen molar-refractivity contribution < 1.29 is 0 Å². The van der Waals surface area contributed by atoms with Crippen LogP contribution in [0.4, 0.5) is 0 Å². The van der Waals surface area contributed by atoms with Crippen molar-refractivity contribution >= 4 is 8.07 Å². The minimum Gasteiger partial charge on any atom is -0.0688 e. The third kappa shape index (κ3) is 3.24. The Morgan fingerprint density at radius 1 is 0.800 bits per heavy atom. The molecule has 3 rings (SSSR count). The predicted molar refractivity (Wildman–Crippen MR) is 113 cm³/mol. The molecule has 0 saturated heterocycles. The Balaban J connectivity index is 2.26. The highest BCUT2D eigenvalue weighted by molar-refractivity contribution is 6.78. The molecule has 25 heavy (non-hydrogen) atoms. The van der Waals surface area contributed by atoms with Crippen molar-refractivity contribution in [1.29, 1.82) is 0 Å². The second-order valence-corrected chi connectivity index (χ2v) is 16.1. The molecule has 0 heterocycles. The van der Waals surface area contributed by atoms with Gasteiger partial charge in [0.15, 0.2) is 0 Å². The number of hydrogen-bond donors (Lipinski definition) is 0. The second kappa shape index (κ2) is 5.58. The summed E-state index contributed by atoms with van der Waals surface area (Å²) in [5, 5.41) is 0. The van der Waals surface area contributed by atoms with E-state index in [-0.39, 0.29) is 10.8 Å². The van der Waals surface area contributed by atoms with Gasteiger partial charge in [-0.05, 0) is 50.3 Å². The molecular weight excluding hydrogens is 316 g/mol. The highest BCUT2D eigenvalue weighted by Crippen LogP contribution is 2.50. The predicted octanol–water partition coefficient (Wildman–Crippen LogP) is 7.07. The lowest BCUT2D eigenvalue weighted by Gasteiger charge is -2.29. The highest BCUT2D eigenvalue weighted by atomic mass is 28.3. The van der Waals surface area contributed by atoms with E-state index in [1.807, 2.05) is 0 Å². The topological polar surface area (TPSA) is 0 Å². The first kappa shape index (κ1) is 18.4. The highest BCUT2D eigenvalue weighted by Gasteiger charge is 2.39. The third-order valence-corrected chi connectivity index (χ3v) is 7.79. The summed E-state index contributed by atoms with van der Waals surface area (Å²) in [6.07, 6.45) is 0. The SMILES string of the molecule is CC(C)(C)c1[c]c2c(cc1)-c1ccc(C(C)(C)C)cc1C2[Si](C)(C)C. The monoisotopic (exact) mass is 349 g/mol. The van der Waals surface area contributed by atoms with Gasteiger partial charge in [-0.1, -0.05) is 91.5 Å². The molecule has 2 aromatic carbocycles. The van der Waals surface area contributed by atoms with Crippen LogP contribution in [0.3, 0.4) is 0 Å². The molecule has 1 aliphatic carbocycles. The number of rotatable bonds is 1. The molecule has 1 unspecified atom stereocenters. The van der Waals surface area contributed by atoms with Crippen LogP contribution in [0.25, 0.3) is 11.1 Å². The summed E-state index contributed by atoms with van der Waals surface area (Å²) < 4.78 is 0. The fraction of sp³-hybridized carbons (Fsp3) is 0.500. The Kier molecular flexibility index (Phi) is 4.11. The maximum absolute atomic E-state index is 3.86. The summed E-state index contributed by atoms with van der Waals surface area (Å²) in [6.45, 7) is 21.3. The molecule has 1 aliphatic rings.